The van der Waals surface area contributed by atoms with Crippen molar-refractivity contribution in [3.63, 3.8) is 0 Å². The molecule has 0 unspecified atom stereocenters. The summed E-state index contributed by atoms with van der Waals surface area (Å²) in [7, 11) is 0. The first-order valence-corrected chi connectivity index (χ1v) is 17.2. The van der Waals surface area contributed by atoms with Gasteiger partial charge < -0.3 is 0 Å². The molecule has 0 rings (SSSR count). The van der Waals surface area contributed by atoms with E-state index in [0.29, 0.717) is 9.85 Å². The van der Waals surface area contributed by atoms with Gasteiger partial charge >= 0.3 is 109 Å². The molecule has 0 aromatic rings. The van der Waals surface area contributed by atoms with Gasteiger partial charge in [-0.2, -0.15) is 0 Å². The third kappa shape index (κ3) is 10.5. The Morgan fingerprint density at radius 2 is 1.52 bits per heavy atom. The number of unbranched alkanes of at least 4 members (excludes halogenated alkanes) is 2. The van der Waals surface area contributed by atoms with Crippen LogP contribution in [0.2, 0.25) is 17.2 Å². The maximum atomic E-state index is 4.82. The fourth-order valence-corrected chi connectivity index (χ4v) is 16.4. The molecule has 0 radical (unpaired) electrons. The molecule has 0 aromatic carbocycles. The van der Waals surface area contributed by atoms with E-state index in [1.165, 1.54) is 38.5 Å². The summed E-state index contributed by atoms with van der Waals surface area (Å²) in [5, 5.41) is 0. The molecule has 0 nitrogen and oxygen atoms in total. The van der Waals surface area contributed by atoms with Crippen molar-refractivity contribution in [3.8, 4) is 12.3 Å². The summed E-state index contributed by atoms with van der Waals surface area (Å²) in [6.45, 7) is 15.6. The Kier molecular flexibility index (Phi) is 15.3. The molecule has 1 heteroatoms. The second kappa shape index (κ2) is 13.7. The molecule has 0 aliphatic heterocycles. The molecule has 0 amide bonds. The Bertz CT molecular complexity index is 275. The van der Waals surface area contributed by atoms with Crippen molar-refractivity contribution >= 4 is 18.4 Å². The van der Waals surface area contributed by atoms with Crippen molar-refractivity contribution in [2.24, 2.45) is 0 Å². The van der Waals surface area contributed by atoms with Gasteiger partial charge in [-0.1, -0.05) is 6.08 Å². The zero-order valence-corrected chi connectivity index (χ0v) is 18.6. The van der Waals surface area contributed by atoms with Crippen LogP contribution in [0.5, 0.6) is 0 Å². The van der Waals surface area contributed by atoms with E-state index in [1.54, 1.807) is 14.9 Å². The topological polar surface area (TPSA) is 0 Å². The van der Waals surface area contributed by atoms with Crippen LogP contribution in [0.1, 0.15) is 79.6 Å². The van der Waals surface area contributed by atoms with E-state index in [4.69, 9.17) is 6.42 Å². The van der Waals surface area contributed by atoms with Gasteiger partial charge in [0.1, 0.15) is 0 Å². The van der Waals surface area contributed by atoms with Crippen molar-refractivity contribution in [1.29, 1.82) is 0 Å². The molecule has 0 aliphatic carbocycles. The van der Waals surface area contributed by atoms with Crippen LogP contribution < -0.4 is 0 Å². The number of hydrogen-bond donors (Lipinski definition) is 0. The van der Waals surface area contributed by atoms with E-state index in [9.17, 15) is 0 Å². The molecule has 0 aromatic heterocycles. The molecule has 0 saturated heterocycles. The van der Waals surface area contributed by atoms with E-state index in [0.717, 1.165) is 0 Å². The normalized spacial score (nSPS) is 11.3. The van der Waals surface area contributed by atoms with Crippen LogP contribution in [-0.4, -0.2) is 18.4 Å². The van der Waals surface area contributed by atoms with Gasteiger partial charge in [0.25, 0.3) is 0 Å². The van der Waals surface area contributed by atoms with Gasteiger partial charge in [-0.15, -0.1) is 18.9 Å². The van der Waals surface area contributed by atoms with E-state index in [1.807, 2.05) is 0 Å². The van der Waals surface area contributed by atoms with E-state index >= 15 is 0 Å². The van der Waals surface area contributed by atoms with Crippen molar-refractivity contribution < 1.29 is 0 Å². The standard InChI is InChI=1S/C6H13.C5H6.2C4H9.CH3.Sn/c1-4-5-6(2)3;1-3-5-4-2;2*1-3-4-2;;/h4-5H2,1-3H3;1,4H,2,5H2;2*1,3-4H2,2H3;1H3;. The molecule has 0 heterocycles. The van der Waals surface area contributed by atoms with Gasteiger partial charge in [0, 0.05) is 6.42 Å². The zero-order chi connectivity index (χ0) is 16.8. The SMILES string of the molecule is C#CCC=C.CCC[CH2][Sn]([CH3])([CH2]CCC)[C](C)(C)CCC. The summed E-state index contributed by atoms with van der Waals surface area (Å²) in [5.74, 6) is 2.40. The van der Waals surface area contributed by atoms with Gasteiger partial charge in [-0.05, 0) is 0 Å². The summed E-state index contributed by atoms with van der Waals surface area (Å²) >= 11 is -1.85. The number of allylic oxidation sites excluding steroid dienone is 1. The summed E-state index contributed by atoms with van der Waals surface area (Å²) in [6, 6.07) is 0. The minimum atomic E-state index is -1.85. The van der Waals surface area contributed by atoms with E-state index in [-0.39, 0.29) is 0 Å². The average molecular weight is 399 g/mol. The third-order valence-electron chi connectivity index (χ3n) is 4.94. The third-order valence-corrected chi connectivity index (χ3v) is 23.3. The fourth-order valence-electron chi connectivity index (χ4n) is 2.95. The molecule has 0 saturated carbocycles. The molecule has 0 aliphatic rings. The Hall–Kier alpha value is 0.0987. The predicted octanol–water partition coefficient (Wildman–Crippen LogP) is 7.44. The minimum absolute atomic E-state index is 0.681. The molecule has 21 heavy (non-hydrogen) atoms. The Balaban J connectivity index is 0. The average Bonchev–Trinajstić information content (AvgIpc) is 2.44. The van der Waals surface area contributed by atoms with E-state index < -0.39 is 18.4 Å². The summed E-state index contributed by atoms with van der Waals surface area (Å²) in [5.41, 5.74) is 0. The van der Waals surface area contributed by atoms with Crippen LogP contribution in [0, 0.1) is 12.3 Å². The first-order valence-electron chi connectivity index (χ1n) is 8.89. The Morgan fingerprint density at radius 1 is 1.05 bits per heavy atom. The summed E-state index contributed by atoms with van der Waals surface area (Å²) in [4.78, 5) is 2.75. The molecule has 0 N–H and O–H groups in total. The van der Waals surface area contributed by atoms with Gasteiger partial charge in [0.2, 0.25) is 0 Å². The van der Waals surface area contributed by atoms with Crippen LogP contribution in [0.25, 0.3) is 0 Å². The van der Waals surface area contributed by atoms with Crippen LogP contribution >= 0.6 is 0 Å². The first kappa shape index (κ1) is 23.4. The summed E-state index contributed by atoms with van der Waals surface area (Å²) in [6.07, 6.45) is 15.8. The van der Waals surface area contributed by atoms with Gasteiger partial charge in [-0.25, -0.2) is 0 Å². The van der Waals surface area contributed by atoms with Crippen molar-refractivity contribution in [1.82, 2.24) is 0 Å². The van der Waals surface area contributed by atoms with Crippen LogP contribution in [0.3, 0.4) is 0 Å². The Labute approximate surface area is 140 Å². The van der Waals surface area contributed by atoms with Crippen molar-refractivity contribution in [2.75, 3.05) is 0 Å². The quantitative estimate of drug-likeness (QED) is 0.203. The van der Waals surface area contributed by atoms with Crippen LogP contribution in [-0.2, 0) is 0 Å². The van der Waals surface area contributed by atoms with Crippen LogP contribution in [0.4, 0.5) is 0 Å². The second-order valence-electron chi connectivity index (χ2n) is 7.10. The Morgan fingerprint density at radius 3 is 1.76 bits per heavy atom. The first-order chi connectivity index (χ1) is 9.85. The molecule has 0 fully saturated rings. The number of rotatable bonds is 10. The van der Waals surface area contributed by atoms with Gasteiger partial charge in [-0.3, -0.25) is 0 Å². The van der Waals surface area contributed by atoms with Crippen molar-refractivity contribution in [2.45, 2.75) is 96.8 Å². The van der Waals surface area contributed by atoms with E-state index in [2.05, 4.69) is 52.1 Å². The monoisotopic (exact) mass is 400 g/mol. The molecule has 0 bridgehead atoms. The predicted molar refractivity (Wildman–Crippen MR) is 104 cm³/mol. The van der Waals surface area contributed by atoms with Crippen LogP contribution in [0.15, 0.2) is 12.7 Å². The number of terminal acetylenes is 1. The molecule has 124 valence electrons. The zero-order valence-electron chi connectivity index (χ0n) is 15.7. The second-order valence-corrected chi connectivity index (χ2v) is 22.7. The van der Waals surface area contributed by atoms with Gasteiger partial charge in [0.05, 0.1) is 0 Å². The van der Waals surface area contributed by atoms with Crippen molar-refractivity contribution in [3.05, 3.63) is 12.7 Å². The number of hydrogen-bond acceptors (Lipinski definition) is 0. The maximum absolute atomic E-state index is 4.82. The molecular weight excluding hydrogens is 359 g/mol. The van der Waals surface area contributed by atoms with Gasteiger partial charge in [0.15, 0.2) is 0 Å². The molecule has 0 spiro atoms. The molecule has 0 atom stereocenters. The summed E-state index contributed by atoms with van der Waals surface area (Å²) < 4.78 is 3.96. The molecular formula is C20H40Sn. The fraction of sp³-hybridized carbons (Fsp3) is 0.800.